The van der Waals surface area contributed by atoms with Gasteiger partial charge in [0.2, 0.25) is 0 Å². The van der Waals surface area contributed by atoms with Crippen LogP contribution >= 0.6 is 0 Å². The standard InChI is InChI=1S/C25H23F3N4O/c1-14-8-15(2)21(9-20(14)23-22(10-25(26,27)28)16(3)30-31-23)24(33)32-12-19(13-32)18-6-4-17(11-29)5-7-18/h4-9,19H,10,12-13H2,1-3H3,(H,30,31). The molecular formula is C25H23F3N4O. The fourth-order valence-electron chi connectivity index (χ4n) is 4.29. The molecule has 0 atom stereocenters. The fourth-order valence-corrected chi connectivity index (χ4v) is 4.29. The quantitative estimate of drug-likeness (QED) is 0.590. The molecule has 5 nitrogen and oxygen atoms in total. The van der Waals surface area contributed by atoms with Gasteiger partial charge in [0.25, 0.3) is 5.91 Å². The number of halogens is 3. The van der Waals surface area contributed by atoms with E-state index in [0.717, 1.165) is 16.7 Å². The van der Waals surface area contributed by atoms with Crippen LogP contribution in [0.2, 0.25) is 0 Å². The smallest absolute Gasteiger partial charge is 0.337 e. The lowest BCUT2D eigenvalue weighted by Crippen LogP contribution is -2.48. The summed E-state index contributed by atoms with van der Waals surface area (Å²) in [6.45, 7) is 6.30. The SMILES string of the molecule is Cc1cc(C)c(-c2n[nH]c(C)c2CC(F)(F)F)cc1C(=O)N1CC(c2ccc(C#N)cc2)C1. The molecule has 1 amide bonds. The van der Waals surface area contributed by atoms with Gasteiger partial charge in [-0.05, 0) is 55.7 Å². The number of aryl methyl sites for hydroxylation is 3. The van der Waals surface area contributed by atoms with Gasteiger partial charge in [-0.15, -0.1) is 0 Å². The van der Waals surface area contributed by atoms with E-state index in [1.54, 1.807) is 30.0 Å². The van der Waals surface area contributed by atoms with Gasteiger partial charge in [-0.2, -0.15) is 23.5 Å². The zero-order valence-electron chi connectivity index (χ0n) is 18.5. The second-order valence-corrected chi connectivity index (χ2v) is 8.59. The molecule has 1 saturated heterocycles. The summed E-state index contributed by atoms with van der Waals surface area (Å²) in [5, 5.41) is 15.7. The first kappa shape index (κ1) is 22.6. The highest BCUT2D eigenvalue weighted by Gasteiger charge is 2.34. The number of carbonyl (C=O) groups excluding carboxylic acids is 1. The lowest BCUT2D eigenvalue weighted by atomic mass is 9.89. The molecule has 170 valence electrons. The van der Waals surface area contributed by atoms with Crippen molar-refractivity contribution in [2.45, 2.75) is 39.3 Å². The van der Waals surface area contributed by atoms with Gasteiger partial charge >= 0.3 is 6.18 Å². The molecule has 2 aromatic carbocycles. The third-order valence-electron chi connectivity index (χ3n) is 6.19. The molecule has 4 rings (SSSR count). The number of nitrogens with one attached hydrogen (secondary N) is 1. The number of amides is 1. The lowest BCUT2D eigenvalue weighted by molar-refractivity contribution is -0.127. The Morgan fingerprint density at radius 2 is 1.82 bits per heavy atom. The molecule has 1 N–H and O–H groups in total. The van der Waals surface area contributed by atoms with E-state index in [4.69, 9.17) is 5.26 Å². The summed E-state index contributed by atoms with van der Waals surface area (Å²) in [4.78, 5) is 14.9. The molecule has 0 radical (unpaired) electrons. The molecule has 0 unspecified atom stereocenters. The van der Waals surface area contributed by atoms with Crippen LogP contribution in [-0.2, 0) is 6.42 Å². The van der Waals surface area contributed by atoms with Gasteiger partial charge < -0.3 is 4.90 Å². The van der Waals surface area contributed by atoms with Gasteiger partial charge in [-0.25, -0.2) is 0 Å². The number of likely N-dealkylation sites (tertiary alicyclic amines) is 1. The maximum absolute atomic E-state index is 13.2. The Hall–Kier alpha value is -3.60. The first-order valence-corrected chi connectivity index (χ1v) is 10.6. The average molecular weight is 452 g/mol. The molecule has 1 aliphatic rings. The number of carbonyl (C=O) groups is 1. The molecule has 1 aliphatic heterocycles. The van der Waals surface area contributed by atoms with Crippen LogP contribution in [0.15, 0.2) is 36.4 Å². The summed E-state index contributed by atoms with van der Waals surface area (Å²) < 4.78 is 39.4. The van der Waals surface area contributed by atoms with Gasteiger partial charge in [0.1, 0.15) is 0 Å². The van der Waals surface area contributed by atoms with Crippen LogP contribution in [0.5, 0.6) is 0 Å². The first-order chi connectivity index (χ1) is 15.6. The Balaban J connectivity index is 1.58. The van der Waals surface area contributed by atoms with Crippen molar-refractivity contribution in [3.63, 3.8) is 0 Å². The van der Waals surface area contributed by atoms with Crippen LogP contribution in [0.1, 0.15) is 49.8 Å². The van der Waals surface area contributed by atoms with Crippen molar-refractivity contribution in [3.05, 3.63) is 75.5 Å². The molecule has 0 saturated carbocycles. The van der Waals surface area contributed by atoms with E-state index in [2.05, 4.69) is 16.3 Å². The molecule has 0 bridgehead atoms. The maximum Gasteiger partial charge on any atom is 0.393 e. The molecule has 0 aliphatic carbocycles. The summed E-state index contributed by atoms with van der Waals surface area (Å²) in [5.41, 5.74) is 4.88. The van der Waals surface area contributed by atoms with E-state index >= 15 is 0 Å². The van der Waals surface area contributed by atoms with E-state index in [1.165, 1.54) is 0 Å². The van der Waals surface area contributed by atoms with Crippen molar-refractivity contribution < 1.29 is 18.0 Å². The molecule has 1 fully saturated rings. The number of H-pyrrole nitrogens is 1. The number of rotatable bonds is 4. The minimum Gasteiger partial charge on any atom is -0.337 e. The Bertz CT molecular complexity index is 1250. The van der Waals surface area contributed by atoms with Gasteiger partial charge in [0.05, 0.1) is 23.7 Å². The number of nitriles is 1. The molecule has 2 heterocycles. The van der Waals surface area contributed by atoms with E-state index in [-0.39, 0.29) is 23.1 Å². The number of hydrogen-bond acceptors (Lipinski definition) is 3. The van der Waals surface area contributed by atoms with Crippen molar-refractivity contribution in [1.82, 2.24) is 15.1 Å². The molecular weight excluding hydrogens is 429 g/mol. The van der Waals surface area contributed by atoms with Gasteiger partial charge in [-0.1, -0.05) is 18.2 Å². The highest BCUT2D eigenvalue weighted by atomic mass is 19.4. The molecule has 0 spiro atoms. The molecule has 33 heavy (non-hydrogen) atoms. The molecule has 3 aromatic rings. The summed E-state index contributed by atoms with van der Waals surface area (Å²) in [5.74, 6) is 0.0440. The van der Waals surface area contributed by atoms with E-state index < -0.39 is 12.6 Å². The fraction of sp³-hybridized carbons (Fsp3) is 0.320. The highest BCUT2D eigenvalue weighted by molar-refractivity contribution is 5.98. The van der Waals surface area contributed by atoms with Crippen molar-refractivity contribution >= 4 is 5.91 Å². The Morgan fingerprint density at radius 3 is 2.42 bits per heavy atom. The third kappa shape index (κ3) is 4.49. The molecule has 8 heteroatoms. The van der Waals surface area contributed by atoms with Gasteiger partial charge in [-0.3, -0.25) is 9.89 Å². The summed E-state index contributed by atoms with van der Waals surface area (Å²) in [6.07, 6.45) is -5.45. The van der Waals surface area contributed by atoms with Crippen molar-refractivity contribution in [1.29, 1.82) is 5.26 Å². The van der Waals surface area contributed by atoms with Crippen LogP contribution in [0.3, 0.4) is 0 Å². The molecule has 1 aromatic heterocycles. The zero-order chi connectivity index (χ0) is 23.9. The average Bonchev–Trinajstić information content (AvgIpc) is 3.06. The number of aromatic nitrogens is 2. The van der Waals surface area contributed by atoms with Gasteiger partial charge in [0, 0.05) is 41.4 Å². The first-order valence-electron chi connectivity index (χ1n) is 10.6. The van der Waals surface area contributed by atoms with E-state index in [9.17, 15) is 18.0 Å². The second-order valence-electron chi connectivity index (χ2n) is 8.59. The zero-order valence-corrected chi connectivity index (χ0v) is 18.5. The maximum atomic E-state index is 13.2. The van der Waals surface area contributed by atoms with E-state index in [1.807, 2.05) is 32.0 Å². The number of aromatic amines is 1. The van der Waals surface area contributed by atoms with Crippen LogP contribution in [-0.4, -0.2) is 40.3 Å². The number of alkyl halides is 3. The van der Waals surface area contributed by atoms with Crippen molar-refractivity contribution in [2.75, 3.05) is 13.1 Å². The minimum absolute atomic E-state index is 0.0951. The normalized spacial score (nSPS) is 14.2. The Morgan fingerprint density at radius 1 is 1.15 bits per heavy atom. The van der Waals surface area contributed by atoms with Gasteiger partial charge in [0.15, 0.2) is 0 Å². The monoisotopic (exact) mass is 452 g/mol. The predicted molar refractivity (Wildman–Crippen MR) is 118 cm³/mol. The Kier molecular flexibility index (Phi) is 5.75. The largest absolute Gasteiger partial charge is 0.393 e. The topological polar surface area (TPSA) is 72.8 Å². The number of hydrogen-bond donors (Lipinski definition) is 1. The summed E-state index contributed by atoms with van der Waals surface area (Å²) >= 11 is 0. The lowest BCUT2D eigenvalue weighted by Gasteiger charge is -2.40. The van der Waals surface area contributed by atoms with Crippen LogP contribution in [0, 0.1) is 32.1 Å². The summed E-state index contributed by atoms with van der Waals surface area (Å²) in [6, 6.07) is 12.9. The van der Waals surface area contributed by atoms with E-state index in [0.29, 0.717) is 35.5 Å². The number of nitrogens with zero attached hydrogens (tertiary/aromatic N) is 3. The highest BCUT2D eigenvalue weighted by Crippen LogP contribution is 2.35. The summed E-state index contributed by atoms with van der Waals surface area (Å²) in [7, 11) is 0. The predicted octanol–water partition coefficient (Wildman–Crippen LogP) is 5.22. The Labute approximate surface area is 189 Å². The minimum atomic E-state index is -4.36. The van der Waals surface area contributed by atoms with Crippen molar-refractivity contribution in [3.8, 4) is 17.3 Å². The third-order valence-corrected chi connectivity index (χ3v) is 6.19. The van der Waals surface area contributed by atoms with Crippen molar-refractivity contribution in [2.24, 2.45) is 0 Å². The number of benzene rings is 2. The van der Waals surface area contributed by atoms with Crippen LogP contribution < -0.4 is 0 Å². The van der Waals surface area contributed by atoms with Crippen LogP contribution in [0.25, 0.3) is 11.3 Å². The van der Waals surface area contributed by atoms with Crippen LogP contribution in [0.4, 0.5) is 13.2 Å². The second kappa shape index (κ2) is 8.39.